The Balaban J connectivity index is 2.18. The standard InChI is InChI=1S/C11H11F4N5/c12-9-3-2-7(16)6-8(9)10-17-18-19-20(10)5-1-4-11(13,14)15/h2-3,6H,1,4-5,16H2. The van der Waals surface area contributed by atoms with E-state index in [0.717, 1.165) is 10.7 Å². The first-order valence-electron chi connectivity index (χ1n) is 5.75. The summed E-state index contributed by atoms with van der Waals surface area (Å²) in [5.41, 5.74) is 5.92. The number of anilines is 1. The molecule has 1 heterocycles. The molecule has 2 rings (SSSR count). The third-order valence-electron chi connectivity index (χ3n) is 2.59. The minimum absolute atomic E-state index is 0.0528. The third-order valence-corrected chi connectivity index (χ3v) is 2.59. The number of alkyl halides is 3. The topological polar surface area (TPSA) is 69.6 Å². The number of aromatic nitrogens is 4. The Morgan fingerprint density at radius 1 is 1.25 bits per heavy atom. The molecule has 0 saturated heterocycles. The number of benzene rings is 1. The molecule has 1 aromatic carbocycles. The molecule has 2 N–H and O–H groups in total. The van der Waals surface area contributed by atoms with E-state index in [0.29, 0.717) is 5.69 Å². The molecule has 9 heteroatoms. The van der Waals surface area contributed by atoms with Crippen LogP contribution in [-0.2, 0) is 6.54 Å². The van der Waals surface area contributed by atoms with Crippen LogP contribution in [0.2, 0.25) is 0 Å². The summed E-state index contributed by atoms with van der Waals surface area (Å²) in [6.45, 7) is -0.0594. The summed E-state index contributed by atoms with van der Waals surface area (Å²) in [5.74, 6) is -0.539. The van der Waals surface area contributed by atoms with Crippen molar-refractivity contribution in [1.82, 2.24) is 20.2 Å². The molecule has 0 amide bonds. The second kappa shape index (κ2) is 5.43. The lowest BCUT2D eigenvalue weighted by atomic mass is 10.1. The van der Waals surface area contributed by atoms with E-state index in [1.165, 1.54) is 12.1 Å². The van der Waals surface area contributed by atoms with E-state index in [2.05, 4.69) is 15.5 Å². The fourth-order valence-corrected chi connectivity index (χ4v) is 1.69. The lowest BCUT2D eigenvalue weighted by Crippen LogP contribution is -2.11. The molecule has 108 valence electrons. The maximum atomic E-state index is 13.7. The van der Waals surface area contributed by atoms with Gasteiger partial charge in [0.05, 0.1) is 5.56 Å². The van der Waals surface area contributed by atoms with Crippen LogP contribution < -0.4 is 5.73 Å². The summed E-state index contributed by atoms with van der Waals surface area (Å²) < 4.78 is 51.1. The fraction of sp³-hybridized carbons (Fsp3) is 0.364. The van der Waals surface area contributed by atoms with E-state index in [1.807, 2.05) is 0 Å². The van der Waals surface area contributed by atoms with Crippen molar-refractivity contribution in [3.8, 4) is 11.4 Å². The van der Waals surface area contributed by atoms with Gasteiger partial charge in [-0.1, -0.05) is 0 Å². The summed E-state index contributed by atoms with van der Waals surface area (Å²) in [6, 6.07) is 3.86. The molecule has 0 aliphatic carbocycles. The number of hydrogen-bond donors (Lipinski definition) is 1. The largest absolute Gasteiger partial charge is 0.399 e. The molecule has 2 aromatic rings. The minimum atomic E-state index is -4.24. The van der Waals surface area contributed by atoms with Gasteiger partial charge in [-0.15, -0.1) is 5.10 Å². The molecule has 20 heavy (non-hydrogen) atoms. The van der Waals surface area contributed by atoms with Crippen LogP contribution in [0.4, 0.5) is 23.2 Å². The molecule has 0 fully saturated rings. The first-order valence-corrected chi connectivity index (χ1v) is 5.75. The van der Waals surface area contributed by atoms with E-state index in [-0.39, 0.29) is 24.4 Å². The number of nitrogens with zero attached hydrogens (tertiary/aromatic N) is 4. The van der Waals surface area contributed by atoms with E-state index in [1.54, 1.807) is 0 Å². The molecule has 0 saturated carbocycles. The Kier molecular flexibility index (Phi) is 3.86. The van der Waals surface area contributed by atoms with Gasteiger partial charge in [-0.25, -0.2) is 9.07 Å². The van der Waals surface area contributed by atoms with Crippen molar-refractivity contribution in [2.45, 2.75) is 25.6 Å². The van der Waals surface area contributed by atoms with Crippen LogP contribution in [-0.4, -0.2) is 26.4 Å². The second-order valence-electron chi connectivity index (χ2n) is 4.18. The average molecular weight is 289 g/mol. The molecule has 0 spiro atoms. The zero-order valence-electron chi connectivity index (χ0n) is 10.2. The van der Waals surface area contributed by atoms with Crippen LogP contribution in [0.15, 0.2) is 18.2 Å². The highest BCUT2D eigenvalue weighted by atomic mass is 19.4. The predicted molar refractivity (Wildman–Crippen MR) is 62.9 cm³/mol. The number of nitrogen functional groups attached to an aromatic ring is 1. The minimum Gasteiger partial charge on any atom is -0.399 e. The molecule has 0 radical (unpaired) electrons. The number of tetrazole rings is 1. The maximum absolute atomic E-state index is 13.7. The molecule has 1 aromatic heterocycles. The molecule has 0 aliphatic rings. The molecule has 5 nitrogen and oxygen atoms in total. The Morgan fingerprint density at radius 3 is 2.70 bits per heavy atom. The zero-order valence-corrected chi connectivity index (χ0v) is 10.2. The van der Waals surface area contributed by atoms with Crippen molar-refractivity contribution in [3.63, 3.8) is 0 Å². The van der Waals surface area contributed by atoms with E-state index >= 15 is 0 Å². The lowest BCUT2D eigenvalue weighted by Gasteiger charge is -2.08. The van der Waals surface area contributed by atoms with Gasteiger partial charge in [0.25, 0.3) is 0 Å². The van der Waals surface area contributed by atoms with Crippen molar-refractivity contribution in [2.75, 3.05) is 5.73 Å². The summed E-state index contributed by atoms with van der Waals surface area (Å²) in [4.78, 5) is 0. The Hall–Kier alpha value is -2.19. The Bertz CT molecular complexity index is 593. The molecular weight excluding hydrogens is 278 g/mol. The highest BCUT2D eigenvalue weighted by molar-refractivity contribution is 5.61. The van der Waals surface area contributed by atoms with Gasteiger partial charge < -0.3 is 5.73 Å². The Morgan fingerprint density at radius 2 is 2.00 bits per heavy atom. The van der Waals surface area contributed by atoms with Crippen molar-refractivity contribution < 1.29 is 17.6 Å². The van der Waals surface area contributed by atoms with Crippen LogP contribution in [0.5, 0.6) is 0 Å². The first-order chi connectivity index (χ1) is 9.37. The number of aryl methyl sites for hydroxylation is 1. The molecule has 0 unspecified atom stereocenters. The number of halogens is 4. The van der Waals surface area contributed by atoms with E-state index in [9.17, 15) is 17.6 Å². The summed E-state index contributed by atoms with van der Waals surface area (Å²) in [7, 11) is 0. The monoisotopic (exact) mass is 289 g/mol. The smallest absolute Gasteiger partial charge is 0.389 e. The fourth-order valence-electron chi connectivity index (χ4n) is 1.69. The van der Waals surface area contributed by atoms with Crippen molar-refractivity contribution in [3.05, 3.63) is 24.0 Å². The second-order valence-corrected chi connectivity index (χ2v) is 4.18. The van der Waals surface area contributed by atoms with E-state index in [4.69, 9.17) is 5.73 Å². The summed E-state index contributed by atoms with van der Waals surface area (Å²) in [5, 5.41) is 10.6. The van der Waals surface area contributed by atoms with Gasteiger partial charge in [0, 0.05) is 18.7 Å². The van der Waals surface area contributed by atoms with Crippen LogP contribution in [0.1, 0.15) is 12.8 Å². The van der Waals surface area contributed by atoms with Gasteiger partial charge in [-0.2, -0.15) is 13.2 Å². The summed E-state index contributed by atoms with van der Waals surface area (Å²) >= 11 is 0. The Labute approximate surface area is 111 Å². The maximum Gasteiger partial charge on any atom is 0.389 e. The average Bonchev–Trinajstić information content (AvgIpc) is 2.79. The molecule has 0 aliphatic heterocycles. The van der Waals surface area contributed by atoms with Gasteiger partial charge in [-0.3, -0.25) is 0 Å². The highest BCUT2D eigenvalue weighted by Crippen LogP contribution is 2.24. The first kappa shape index (κ1) is 14.2. The SMILES string of the molecule is Nc1ccc(F)c(-c2nnnn2CCCC(F)(F)F)c1. The van der Waals surface area contributed by atoms with Gasteiger partial charge in [0.1, 0.15) is 5.82 Å². The highest BCUT2D eigenvalue weighted by Gasteiger charge is 2.26. The predicted octanol–water partition coefficient (Wildman–Crippen LogP) is 2.40. The van der Waals surface area contributed by atoms with Crippen molar-refractivity contribution >= 4 is 5.69 Å². The zero-order chi connectivity index (χ0) is 14.8. The normalized spacial score (nSPS) is 11.8. The van der Waals surface area contributed by atoms with Crippen LogP contribution in [0.25, 0.3) is 11.4 Å². The summed E-state index contributed by atoms with van der Waals surface area (Å²) in [6.07, 6.45) is -5.38. The lowest BCUT2D eigenvalue weighted by molar-refractivity contribution is -0.136. The molecule has 0 atom stereocenters. The number of nitrogens with two attached hydrogens (primary N) is 1. The van der Waals surface area contributed by atoms with Crippen molar-refractivity contribution in [2.24, 2.45) is 0 Å². The van der Waals surface area contributed by atoms with Gasteiger partial charge >= 0.3 is 6.18 Å². The quantitative estimate of drug-likeness (QED) is 0.693. The number of hydrogen-bond acceptors (Lipinski definition) is 4. The van der Waals surface area contributed by atoms with Gasteiger partial charge in [0.15, 0.2) is 5.82 Å². The van der Waals surface area contributed by atoms with Crippen LogP contribution >= 0.6 is 0 Å². The van der Waals surface area contributed by atoms with Crippen LogP contribution in [0, 0.1) is 5.82 Å². The molecular formula is C11H11F4N5. The third kappa shape index (κ3) is 3.43. The van der Waals surface area contributed by atoms with Crippen molar-refractivity contribution in [1.29, 1.82) is 0 Å². The van der Waals surface area contributed by atoms with Crippen LogP contribution in [0.3, 0.4) is 0 Å². The number of rotatable bonds is 4. The van der Waals surface area contributed by atoms with Gasteiger partial charge in [-0.05, 0) is 35.0 Å². The van der Waals surface area contributed by atoms with Gasteiger partial charge in [0.2, 0.25) is 0 Å². The molecule has 0 bridgehead atoms. The van der Waals surface area contributed by atoms with E-state index < -0.39 is 18.4 Å².